The molecule has 2 N–H and O–H groups in total. The number of likely N-dealkylation sites (N-methyl/N-ethyl adjacent to an activating group) is 1. The van der Waals surface area contributed by atoms with Crippen molar-refractivity contribution in [3.05, 3.63) is 0 Å². The van der Waals surface area contributed by atoms with Crippen molar-refractivity contribution in [1.29, 1.82) is 0 Å². The van der Waals surface area contributed by atoms with E-state index in [0.717, 1.165) is 0 Å². The lowest BCUT2D eigenvalue weighted by Gasteiger charge is -2.30. The van der Waals surface area contributed by atoms with E-state index in [-0.39, 0.29) is 31.3 Å². The molecule has 1 rings (SSSR count). The lowest BCUT2D eigenvalue weighted by molar-refractivity contribution is -0.182. The maximum atomic E-state index is 12.4. The van der Waals surface area contributed by atoms with Crippen LogP contribution in [0.15, 0.2) is 0 Å². The zero-order valence-electron chi connectivity index (χ0n) is 9.94. The second-order valence-corrected chi connectivity index (χ2v) is 4.42. The maximum Gasteiger partial charge on any atom is 0.391 e. The predicted octanol–water partition coefficient (Wildman–Crippen LogP) is 1.83. The maximum absolute atomic E-state index is 12.4. The molecule has 1 saturated carbocycles. The standard InChI is InChI=1S/C11H19F3N2O/c1-2-15-10(17)7-16-9-5-3-8(4-6-9)11(12,13)14/h8-9,16H,2-7H2,1H3,(H,15,17). The number of nitrogens with one attached hydrogen (secondary N) is 2. The fraction of sp³-hybridized carbons (Fsp3) is 0.909. The van der Waals surface area contributed by atoms with Gasteiger partial charge in [-0.2, -0.15) is 13.2 Å². The summed E-state index contributed by atoms with van der Waals surface area (Å²) < 4.78 is 37.2. The van der Waals surface area contributed by atoms with Gasteiger partial charge in [0.05, 0.1) is 12.5 Å². The highest BCUT2D eigenvalue weighted by Gasteiger charge is 2.41. The van der Waals surface area contributed by atoms with E-state index in [1.165, 1.54) is 0 Å². The van der Waals surface area contributed by atoms with E-state index in [9.17, 15) is 18.0 Å². The van der Waals surface area contributed by atoms with E-state index >= 15 is 0 Å². The molecule has 17 heavy (non-hydrogen) atoms. The smallest absolute Gasteiger partial charge is 0.355 e. The van der Waals surface area contributed by atoms with Crippen molar-refractivity contribution in [2.75, 3.05) is 13.1 Å². The van der Waals surface area contributed by atoms with E-state index in [2.05, 4.69) is 10.6 Å². The summed E-state index contributed by atoms with van der Waals surface area (Å²) in [4.78, 5) is 11.2. The van der Waals surface area contributed by atoms with E-state index in [1.807, 2.05) is 6.92 Å². The van der Waals surface area contributed by atoms with Crippen LogP contribution < -0.4 is 10.6 Å². The van der Waals surface area contributed by atoms with Gasteiger partial charge >= 0.3 is 6.18 Å². The Bertz CT molecular complexity index is 248. The zero-order valence-corrected chi connectivity index (χ0v) is 9.94. The van der Waals surface area contributed by atoms with Crippen LogP contribution in [-0.4, -0.2) is 31.2 Å². The Kier molecular flexibility index (Phi) is 5.24. The first-order chi connectivity index (χ1) is 7.93. The van der Waals surface area contributed by atoms with Gasteiger partial charge in [0.2, 0.25) is 5.91 Å². The minimum absolute atomic E-state index is 0.0382. The minimum atomic E-state index is -4.06. The highest BCUT2D eigenvalue weighted by Crippen LogP contribution is 2.37. The number of alkyl halides is 3. The van der Waals surface area contributed by atoms with Gasteiger partial charge in [-0.3, -0.25) is 4.79 Å². The van der Waals surface area contributed by atoms with Crippen molar-refractivity contribution < 1.29 is 18.0 Å². The van der Waals surface area contributed by atoms with Crippen molar-refractivity contribution >= 4 is 5.91 Å². The van der Waals surface area contributed by atoms with Gasteiger partial charge in [-0.15, -0.1) is 0 Å². The van der Waals surface area contributed by atoms with Gasteiger partial charge in [0.15, 0.2) is 0 Å². The van der Waals surface area contributed by atoms with Gasteiger partial charge in [-0.25, -0.2) is 0 Å². The topological polar surface area (TPSA) is 41.1 Å². The van der Waals surface area contributed by atoms with Crippen molar-refractivity contribution in [1.82, 2.24) is 10.6 Å². The fourth-order valence-electron chi connectivity index (χ4n) is 2.12. The van der Waals surface area contributed by atoms with Crippen LogP contribution in [0, 0.1) is 5.92 Å². The summed E-state index contributed by atoms with van der Waals surface area (Å²) in [5.74, 6) is -1.27. The number of hydrogen-bond acceptors (Lipinski definition) is 2. The zero-order chi connectivity index (χ0) is 12.9. The van der Waals surface area contributed by atoms with Crippen molar-refractivity contribution in [2.24, 2.45) is 5.92 Å². The molecule has 1 aliphatic carbocycles. The monoisotopic (exact) mass is 252 g/mol. The molecular formula is C11H19F3N2O. The Morgan fingerprint density at radius 3 is 2.29 bits per heavy atom. The largest absolute Gasteiger partial charge is 0.391 e. The summed E-state index contributed by atoms with van der Waals surface area (Å²) in [5, 5.41) is 5.64. The average Bonchev–Trinajstić information content (AvgIpc) is 2.26. The van der Waals surface area contributed by atoms with Gasteiger partial charge < -0.3 is 10.6 Å². The van der Waals surface area contributed by atoms with Crippen LogP contribution in [0.5, 0.6) is 0 Å². The highest BCUT2D eigenvalue weighted by atomic mass is 19.4. The minimum Gasteiger partial charge on any atom is -0.355 e. The molecule has 1 amide bonds. The van der Waals surface area contributed by atoms with E-state index in [1.54, 1.807) is 0 Å². The van der Waals surface area contributed by atoms with Crippen molar-refractivity contribution in [3.63, 3.8) is 0 Å². The quantitative estimate of drug-likeness (QED) is 0.801. The summed E-state index contributed by atoms with van der Waals surface area (Å²) in [6.45, 7) is 2.59. The van der Waals surface area contributed by atoms with Crippen molar-refractivity contribution in [3.8, 4) is 0 Å². The molecule has 0 aromatic heterocycles. The highest BCUT2D eigenvalue weighted by molar-refractivity contribution is 5.77. The van der Waals surface area contributed by atoms with Crippen LogP contribution in [0.3, 0.4) is 0 Å². The average molecular weight is 252 g/mol. The second-order valence-electron chi connectivity index (χ2n) is 4.42. The first kappa shape index (κ1) is 14.3. The van der Waals surface area contributed by atoms with Crippen LogP contribution in [0.25, 0.3) is 0 Å². The molecule has 1 aliphatic rings. The van der Waals surface area contributed by atoms with Gasteiger partial charge in [0.1, 0.15) is 0 Å². The number of hydrogen-bond donors (Lipinski definition) is 2. The molecule has 0 atom stereocenters. The summed E-state index contributed by atoms with van der Waals surface area (Å²) >= 11 is 0. The number of carbonyl (C=O) groups excluding carboxylic acids is 1. The first-order valence-corrected chi connectivity index (χ1v) is 6.00. The molecular weight excluding hydrogens is 233 g/mol. The van der Waals surface area contributed by atoms with Crippen LogP contribution in [-0.2, 0) is 4.79 Å². The molecule has 3 nitrogen and oxygen atoms in total. The molecule has 0 unspecified atom stereocenters. The molecule has 1 fully saturated rings. The Morgan fingerprint density at radius 2 is 1.82 bits per heavy atom. The SMILES string of the molecule is CCNC(=O)CNC1CCC(C(F)(F)F)CC1. The third kappa shape index (κ3) is 4.93. The molecule has 100 valence electrons. The number of rotatable bonds is 4. The van der Waals surface area contributed by atoms with Crippen LogP contribution in [0.2, 0.25) is 0 Å². The van der Waals surface area contributed by atoms with Gasteiger partial charge in [-0.1, -0.05) is 0 Å². The number of amides is 1. The summed E-state index contributed by atoms with van der Waals surface area (Å²) in [6.07, 6.45) is -2.76. The Hall–Kier alpha value is -0.780. The predicted molar refractivity (Wildman–Crippen MR) is 58.5 cm³/mol. The van der Waals surface area contributed by atoms with Crippen molar-refractivity contribution in [2.45, 2.75) is 44.8 Å². The molecule has 0 radical (unpaired) electrons. The summed E-state index contributed by atoms with van der Waals surface area (Å²) in [5.41, 5.74) is 0. The van der Waals surface area contributed by atoms with E-state index in [0.29, 0.717) is 19.4 Å². The Labute approximate surface area is 99.1 Å². The molecule has 0 heterocycles. The van der Waals surface area contributed by atoms with Crippen LogP contribution >= 0.6 is 0 Å². The second kappa shape index (κ2) is 6.23. The number of carbonyl (C=O) groups is 1. The van der Waals surface area contributed by atoms with Crippen LogP contribution in [0.1, 0.15) is 32.6 Å². The normalized spacial score (nSPS) is 25.6. The third-order valence-corrected chi connectivity index (χ3v) is 3.12. The lowest BCUT2D eigenvalue weighted by atomic mass is 9.85. The third-order valence-electron chi connectivity index (χ3n) is 3.12. The molecule has 6 heteroatoms. The number of halogens is 3. The first-order valence-electron chi connectivity index (χ1n) is 6.00. The van der Waals surface area contributed by atoms with E-state index in [4.69, 9.17) is 0 Å². The Balaban J connectivity index is 2.21. The van der Waals surface area contributed by atoms with Gasteiger partial charge in [0.25, 0.3) is 0 Å². The van der Waals surface area contributed by atoms with Gasteiger partial charge in [0, 0.05) is 12.6 Å². The summed E-state index contributed by atoms with van der Waals surface area (Å²) in [7, 11) is 0. The summed E-state index contributed by atoms with van der Waals surface area (Å²) in [6, 6.07) is 0.0382. The molecule has 0 aliphatic heterocycles. The fourth-order valence-corrected chi connectivity index (χ4v) is 2.12. The Morgan fingerprint density at radius 1 is 1.24 bits per heavy atom. The molecule has 0 bridgehead atoms. The van der Waals surface area contributed by atoms with Gasteiger partial charge in [-0.05, 0) is 32.6 Å². The van der Waals surface area contributed by atoms with Crippen LogP contribution in [0.4, 0.5) is 13.2 Å². The van der Waals surface area contributed by atoms with E-state index < -0.39 is 12.1 Å². The molecule has 0 spiro atoms. The molecule has 0 aromatic rings. The lowest BCUT2D eigenvalue weighted by Crippen LogP contribution is -2.42. The molecule has 0 aromatic carbocycles. The molecule has 0 saturated heterocycles.